The van der Waals surface area contributed by atoms with E-state index >= 15 is 0 Å². The molecule has 4 aromatic rings. The Morgan fingerprint density at radius 1 is 0.795 bits per heavy atom. The molecule has 8 nitrogen and oxygen atoms in total. The Bertz CT molecular complexity index is 1560. The Labute approximate surface area is 256 Å². The van der Waals surface area contributed by atoms with Gasteiger partial charge >= 0.3 is 0 Å². The smallest absolute Gasteiger partial charge is 0.249 e. The molecular formula is C35H37FN4O4. The van der Waals surface area contributed by atoms with E-state index in [0.717, 1.165) is 34.4 Å². The van der Waals surface area contributed by atoms with Crippen LogP contribution in [0, 0.1) is 5.82 Å². The number of nitrogens with one attached hydrogen (secondary N) is 2. The fourth-order valence-corrected chi connectivity index (χ4v) is 4.95. The van der Waals surface area contributed by atoms with E-state index in [4.69, 9.17) is 16.2 Å². The van der Waals surface area contributed by atoms with Crippen LogP contribution < -0.4 is 26.8 Å². The molecule has 6 N–H and O–H groups in total. The van der Waals surface area contributed by atoms with E-state index in [0.29, 0.717) is 18.9 Å². The Hall–Kier alpha value is -5.02. The number of ether oxygens (including phenoxy) is 1. The highest BCUT2D eigenvalue weighted by atomic mass is 19.1. The number of halogens is 1. The van der Waals surface area contributed by atoms with Gasteiger partial charge in [0.1, 0.15) is 17.6 Å². The molecular weight excluding hydrogens is 559 g/mol. The minimum atomic E-state index is -1.03. The first kappa shape index (κ1) is 31.9. The van der Waals surface area contributed by atoms with E-state index in [2.05, 4.69) is 10.6 Å². The molecule has 0 saturated heterocycles. The molecule has 3 amide bonds. The van der Waals surface area contributed by atoms with Crippen LogP contribution in [0.25, 0.3) is 0 Å². The molecule has 9 heteroatoms. The van der Waals surface area contributed by atoms with Crippen molar-refractivity contribution in [3.05, 3.63) is 136 Å². The van der Waals surface area contributed by atoms with Gasteiger partial charge in [-0.2, -0.15) is 0 Å². The summed E-state index contributed by atoms with van der Waals surface area (Å²) in [5.41, 5.74) is 14.9. The molecule has 228 valence electrons. The topological polar surface area (TPSA) is 137 Å². The van der Waals surface area contributed by atoms with Crippen molar-refractivity contribution < 1.29 is 23.5 Å². The third kappa shape index (κ3) is 8.75. The Morgan fingerprint density at radius 3 is 2.07 bits per heavy atom. The number of benzene rings is 4. The van der Waals surface area contributed by atoms with Crippen molar-refractivity contribution in [1.82, 2.24) is 10.6 Å². The fourth-order valence-electron chi connectivity index (χ4n) is 4.95. The maximum absolute atomic E-state index is 14.5. The van der Waals surface area contributed by atoms with Gasteiger partial charge in [-0.25, -0.2) is 4.39 Å². The number of carbonyl (C=O) groups is 3. The number of primary amides is 1. The van der Waals surface area contributed by atoms with Crippen molar-refractivity contribution >= 4 is 17.7 Å². The predicted molar refractivity (Wildman–Crippen MR) is 167 cm³/mol. The zero-order valence-electron chi connectivity index (χ0n) is 24.6. The molecule has 4 rings (SSSR count). The zero-order chi connectivity index (χ0) is 31.5. The highest BCUT2D eigenvalue weighted by molar-refractivity contribution is 5.98. The van der Waals surface area contributed by atoms with Crippen LogP contribution in [0.2, 0.25) is 0 Å². The first-order chi connectivity index (χ1) is 21.3. The monoisotopic (exact) mass is 596 g/mol. The van der Waals surface area contributed by atoms with Gasteiger partial charge in [0.15, 0.2) is 0 Å². The number of carbonyl (C=O) groups excluding carboxylic acids is 3. The summed E-state index contributed by atoms with van der Waals surface area (Å²) in [5.74, 6) is -2.70. The van der Waals surface area contributed by atoms with Crippen LogP contribution in [0.15, 0.2) is 97.1 Å². The van der Waals surface area contributed by atoms with Gasteiger partial charge in [-0.15, -0.1) is 0 Å². The summed E-state index contributed by atoms with van der Waals surface area (Å²) in [5, 5.41) is 5.80. The van der Waals surface area contributed by atoms with Crippen LogP contribution >= 0.6 is 0 Å². The van der Waals surface area contributed by atoms with Gasteiger partial charge in [0.05, 0.1) is 12.5 Å². The molecule has 0 spiro atoms. The average Bonchev–Trinajstić information content (AvgIpc) is 3.03. The summed E-state index contributed by atoms with van der Waals surface area (Å²) in [6, 6.07) is 26.6. The van der Waals surface area contributed by atoms with Gasteiger partial charge in [-0.1, -0.05) is 66.7 Å². The summed E-state index contributed by atoms with van der Waals surface area (Å²) in [7, 11) is 0. The van der Waals surface area contributed by atoms with E-state index in [-0.39, 0.29) is 36.4 Å². The third-order valence-corrected chi connectivity index (χ3v) is 7.29. The lowest BCUT2D eigenvalue weighted by molar-refractivity contribution is -0.129. The molecule has 44 heavy (non-hydrogen) atoms. The summed E-state index contributed by atoms with van der Waals surface area (Å²) in [6.07, 6.45) is 0.335. The number of amides is 3. The van der Waals surface area contributed by atoms with Crippen molar-refractivity contribution in [2.75, 3.05) is 6.61 Å². The number of hydrogen-bond donors (Lipinski definition) is 4. The van der Waals surface area contributed by atoms with Gasteiger partial charge in [0, 0.05) is 25.1 Å². The molecule has 0 aliphatic carbocycles. The second kappa shape index (κ2) is 15.5. The first-order valence-electron chi connectivity index (χ1n) is 14.5. The van der Waals surface area contributed by atoms with Gasteiger partial charge in [-0.05, 0) is 71.5 Å². The predicted octanol–water partition coefficient (Wildman–Crippen LogP) is 4.15. The minimum Gasteiger partial charge on any atom is -0.494 e. The second-order valence-electron chi connectivity index (χ2n) is 10.4. The normalized spacial score (nSPS) is 12.2. The minimum absolute atomic E-state index is 0.0301. The third-order valence-electron chi connectivity index (χ3n) is 7.29. The molecule has 0 radical (unpaired) electrons. The summed E-state index contributed by atoms with van der Waals surface area (Å²) in [6.45, 7) is 3.04. The summed E-state index contributed by atoms with van der Waals surface area (Å²) >= 11 is 0. The molecule has 0 aliphatic rings. The summed E-state index contributed by atoms with van der Waals surface area (Å²) < 4.78 is 20.1. The van der Waals surface area contributed by atoms with E-state index in [1.807, 2.05) is 61.5 Å². The van der Waals surface area contributed by atoms with Crippen molar-refractivity contribution in [1.29, 1.82) is 0 Å². The molecule has 0 fully saturated rings. The highest BCUT2D eigenvalue weighted by Crippen LogP contribution is 2.27. The van der Waals surface area contributed by atoms with Crippen LogP contribution in [0.1, 0.15) is 51.0 Å². The fraction of sp³-hybridized carbons (Fsp3) is 0.229. The SMILES string of the molecule is CCOc1ccc(C[C@@H](C(=O)N[C@@H](Cc2ccccc2)C(=O)NCc2ccc(CN)cc2)c2cc(F)ccc2C(N)=O)cc1. The second-order valence-corrected chi connectivity index (χ2v) is 10.4. The lowest BCUT2D eigenvalue weighted by atomic mass is 9.87. The van der Waals surface area contributed by atoms with Gasteiger partial charge < -0.3 is 26.8 Å². The summed E-state index contributed by atoms with van der Waals surface area (Å²) in [4.78, 5) is 39.9. The van der Waals surface area contributed by atoms with Crippen molar-refractivity contribution in [3.63, 3.8) is 0 Å². The van der Waals surface area contributed by atoms with E-state index in [1.165, 1.54) is 6.07 Å². The van der Waals surface area contributed by atoms with Crippen LogP contribution in [0.3, 0.4) is 0 Å². The van der Waals surface area contributed by atoms with Crippen LogP contribution in [-0.4, -0.2) is 30.4 Å². The first-order valence-corrected chi connectivity index (χ1v) is 14.5. The maximum atomic E-state index is 14.5. The quantitative estimate of drug-likeness (QED) is 0.173. The molecule has 0 unspecified atom stereocenters. The molecule has 0 saturated carbocycles. The van der Waals surface area contributed by atoms with E-state index in [9.17, 15) is 18.8 Å². The molecule has 4 aromatic carbocycles. The van der Waals surface area contributed by atoms with Crippen molar-refractivity contribution in [2.24, 2.45) is 11.5 Å². The lowest BCUT2D eigenvalue weighted by Gasteiger charge is -2.24. The maximum Gasteiger partial charge on any atom is 0.249 e. The Morgan fingerprint density at radius 2 is 1.43 bits per heavy atom. The standard InChI is InChI=1S/C35H37FN4O4/c1-2-44-28-15-12-24(13-16-28)18-31(30-20-27(36)14-17-29(30)33(38)41)34(42)40-32(19-23-6-4-3-5-7-23)35(43)39-22-26-10-8-25(21-37)9-11-26/h3-17,20,31-32H,2,18-19,21-22,37H2,1H3,(H2,38,41)(H,39,43)(H,40,42)/t31-,32+/m1/s1. The average molecular weight is 597 g/mol. The molecule has 0 aromatic heterocycles. The largest absolute Gasteiger partial charge is 0.494 e. The van der Waals surface area contributed by atoms with Crippen molar-refractivity contribution in [2.45, 2.75) is 44.8 Å². The number of rotatable bonds is 14. The zero-order valence-corrected chi connectivity index (χ0v) is 24.6. The van der Waals surface area contributed by atoms with Crippen LogP contribution in [-0.2, 0) is 35.5 Å². The lowest BCUT2D eigenvalue weighted by Crippen LogP contribution is -2.49. The molecule has 0 bridgehead atoms. The molecule has 2 atom stereocenters. The van der Waals surface area contributed by atoms with Gasteiger partial charge in [-0.3, -0.25) is 14.4 Å². The highest BCUT2D eigenvalue weighted by Gasteiger charge is 2.30. The van der Waals surface area contributed by atoms with E-state index < -0.39 is 29.6 Å². The van der Waals surface area contributed by atoms with Crippen LogP contribution in [0.5, 0.6) is 5.75 Å². The molecule has 0 aliphatic heterocycles. The Kier molecular flexibility index (Phi) is 11.2. The number of hydrogen-bond acceptors (Lipinski definition) is 5. The van der Waals surface area contributed by atoms with Crippen molar-refractivity contribution in [3.8, 4) is 5.75 Å². The van der Waals surface area contributed by atoms with Gasteiger partial charge in [0.25, 0.3) is 0 Å². The number of nitrogens with two attached hydrogens (primary N) is 2. The Balaban J connectivity index is 1.63. The molecule has 0 heterocycles. The van der Waals surface area contributed by atoms with Crippen LogP contribution in [0.4, 0.5) is 4.39 Å². The van der Waals surface area contributed by atoms with E-state index in [1.54, 1.807) is 24.3 Å². The van der Waals surface area contributed by atoms with Gasteiger partial charge in [0.2, 0.25) is 17.7 Å².